The number of aliphatic hydroxyl groups excluding tert-OH is 1. The monoisotopic (exact) mass is 277 g/mol. The number of amides is 1. The summed E-state index contributed by atoms with van der Waals surface area (Å²) in [5.41, 5.74) is 0.483. The number of benzene rings is 1. The average molecular weight is 277 g/mol. The molecule has 1 amide bonds. The lowest BCUT2D eigenvalue weighted by Crippen LogP contribution is -2.38. The fraction of sp³-hybridized carbons (Fsp3) is 0.438. The highest BCUT2D eigenvalue weighted by molar-refractivity contribution is 5.95. The molecule has 0 bridgehead atoms. The molecule has 0 saturated heterocycles. The van der Waals surface area contributed by atoms with Crippen molar-refractivity contribution in [2.24, 2.45) is 5.92 Å². The molecule has 2 N–H and O–H groups in total. The molecule has 3 nitrogen and oxygen atoms in total. The molecule has 0 aromatic heterocycles. The van der Waals surface area contributed by atoms with Crippen LogP contribution >= 0.6 is 0 Å². The highest BCUT2D eigenvalue weighted by Crippen LogP contribution is 2.12. The zero-order chi connectivity index (χ0) is 15.1. The Morgan fingerprint density at radius 1 is 1.45 bits per heavy atom. The van der Waals surface area contributed by atoms with Gasteiger partial charge in [-0.25, -0.2) is 4.39 Å². The average Bonchev–Trinajstić information content (AvgIpc) is 2.43. The number of carbonyl (C=O) groups excluding carboxylic acids is 1. The van der Waals surface area contributed by atoms with Gasteiger partial charge in [0.05, 0.1) is 5.56 Å². The van der Waals surface area contributed by atoms with Crippen molar-refractivity contribution in [2.45, 2.75) is 33.2 Å². The number of nitrogens with one attached hydrogen (secondary N) is 1. The van der Waals surface area contributed by atoms with Gasteiger partial charge in [0, 0.05) is 11.6 Å². The third-order valence-corrected chi connectivity index (χ3v) is 3.08. The quantitative estimate of drug-likeness (QED) is 0.830. The summed E-state index contributed by atoms with van der Waals surface area (Å²) in [6, 6.07) is 4.11. The topological polar surface area (TPSA) is 49.3 Å². The number of halogens is 1. The number of hydrogen-bond acceptors (Lipinski definition) is 2. The van der Waals surface area contributed by atoms with Crippen LogP contribution in [0.4, 0.5) is 4.39 Å². The molecule has 0 spiro atoms. The van der Waals surface area contributed by atoms with Crippen molar-refractivity contribution in [3.63, 3.8) is 0 Å². The largest absolute Gasteiger partial charge is 0.384 e. The molecule has 20 heavy (non-hydrogen) atoms. The molecular weight excluding hydrogens is 257 g/mol. The first kappa shape index (κ1) is 16.2. The molecule has 0 heterocycles. The highest BCUT2D eigenvalue weighted by Gasteiger charge is 2.18. The molecule has 0 saturated carbocycles. The van der Waals surface area contributed by atoms with Crippen LogP contribution in [0.2, 0.25) is 0 Å². The van der Waals surface area contributed by atoms with E-state index in [1.165, 1.54) is 18.2 Å². The third-order valence-electron chi connectivity index (χ3n) is 3.08. The van der Waals surface area contributed by atoms with Gasteiger partial charge in [-0.1, -0.05) is 32.6 Å². The molecule has 0 aliphatic carbocycles. The smallest absolute Gasteiger partial charge is 0.254 e. The zero-order valence-electron chi connectivity index (χ0n) is 12.0. The molecule has 108 valence electrons. The minimum atomic E-state index is -0.573. The first-order valence-corrected chi connectivity index (χ1v) is 6.69. The lowest BCUT2D eigenvalue weighted by atomic mass is 10.0. The van der Waals surface area contributed by atoms with Crippen LogP contribution in [0.25, 0.3) is 0 Å². The molecule has 1 unspecified atom stereocenters. The van der Waals surface area contributed by atoms with Gasteiger partial charge in [-0.05, 0) is 30.5 Å². The maximum absolute atomic E-state index is 13.7. The first-order chi connectivity index (χ1) is 9.49. The van der Waals surface area contributed by atoms with Gasteiger partial charge in [-0.15, -0.1) is 0 Å². The van der Waals surface area contributed by atoms with Crippen LogP contribution in [0.1, 0.15) is 43.1 Å². The van der Waals surface area contributed by atoms with Gasteiger partial charge in [0.1, 0.15) is 12.4 Å². The van der Waals surface area contributed by atoms with E-state index < -0.39 is 11.7 Å². The molecule has 0 aliphatic heterocycles. The Kier molecular flexibility index (Phi) is 6.20. The predicted octanol–water partition coefficient (Wildman–Crippen LogP) is 2.33. The molecule has 1 rings (SSSR count). The Labute approximate surface area is 119 Å². The minimum absolute atomic E-state index is 0.00841. The van der Waals surface area contributed by atoms with Crippen molar-refractivity contribution in [2.75, 3.05) is 6.61 Å². The van der Waals surface area contributed by atoms with Gasteiger partial charge in [0.15, 0.2) is 0 Å². The van der Waals surface area contributed by atoms with Crippen molar-refractivity contribution in [3.8, 4) is 11.8 Å². The molecule has 4 heteroatoms. The summed E-state index contributed by atoms with van der Waals surface area (Å²) < 4.78 is 13.7. The zero-order valence-corrected chi connectivity index (χ0v) is 12.0. The summed E-state index contributed by atoms with van der Waals surface area (Å²) in [5.74, 6) is 4.41. The Morgan fingerprint density at radius 2 is 2.15 bits per heavy atom. The maximum atomic E-state index is 13.7. The second kappa shape index (κ2) is 7.66. The summed E-state index contributed by atoms with van der Waals surface area (Å²) >= 11 is 0. The van der Waals surface area contributed by atoms with Crippen LogP contribution in [0.5, 0.6) is 0 Å². The SMILES string of the molecule is CCC(NC(=O)c1cc(C#CCO)ccc1F)C(C)C. The molecule has 1 aromatic rings. The van der Waals surface area contributed by atoms with Crippen LogP contribution in [-0.4, -0.2) is 23.7 Å². The van der Waals surface area contributed by atoms with Crippen molar-refractivity contribution in [3.05, 3.63) is 35.1 Å². The fourth-order valence-corrected chi connectivity index (χ4v) is 1.90. The number of hydrogen-bond donors (Lipinski definition) is 2. The van der Waals surface area contributed by atoms with Gasteiger partial charge in [0.25, 0.3) is 5.91 Å². The van der Waals surface area contributed by atoms with Gasteiger partial charge in [0.2, 0.25) is 0 Å². The van der Waals surface area contributed by atoms with Gasteiger partial charge in [-0.3, -0.25) is 4.79 Å². The third kappa shape index (κ3) is 4.36. The Morgan fingerprint density at radius 3 is 2.70 bits per heavy atom. The highest BCUT2D eigenvalue weighted by atomic mass is 19.1. The summed E-state index contributed by atoms with van der Waals surface area (Å²) in [5, 5.41) is 11.5. The second-order valence-corrected chi connectivity index (χ2v) is 4.89. The van der Waals surface area contributed by atoms with E-state index in [1.54, 1.807) is 0 Å². The minimum Gasteiger partial charge on any atom is -0.384 e. The molecule has 1 aromatic carbocycles. The Hall–Kier alpha value is -1.86. The number of aliphatic hydroxyl groups is 1. The lowest BCUT2D eigenvalue weighted by molar-refractivity contribution is 0.0920. The Balaban J connectivity index is 2.97. The Bertz CT molecular complexity index is 529. The van der Waals surface area contributed by atoms with Crippen molar-refractivity contribution in [1.82, 2.24) is 5.32 Å². The molecule has 1 atom stereocenters. The second-order valence-electron chi connectivity index (χ2n) is 4.89. The van der Waals surface area contributed by atoms with Crippen LogP contribution in [0.3, 0.4) is 0 Å². The van der Waals surface area contributed by atoms with Crippen molar-refractivity contribution in [1.29, 1.82) is 0 Å². The van der Waals surface area contributed by atoms with E-state index in [-0.39, 0.29) is 24.1 Å². The van der Waals surface area contributed by atoms with Crippen molar-refractivity contribution >= 4 is 5.91 Å². The van der Waals surface area contributed by atoms with E-state index in [2.05, 4.69) is 17.2 Å². The van der Waals surface area contributed by atoms with Gasteiger partial charge >= 0.3 is 0 Å². The number of rotatable bonds is 4. The van der Waals surface area contributed by atoms with Gasteiger partial charge < -0.3 is 10.4 Å². The fourth-order valence-electron chi connectivity index (χ4n) is 1.90. The van der Waals surface area contributed by atoms with Crippen LogP contribution in [0.15, 0.2) is 18.2 Å². The molecule has 0 fully saturated rings. The van der Waals surface area contributed by atoms with E-state index in [4.69, 9.17) is 5.11 Å². The molecule has 0 aliphatic rings. The summed E-state index contributed by atoms with van der Waals surface area (Å²) in [6.45, 7) is 5.72. The van der Waals surface area contributed by atoms with E-state index in [0.29, 0.717) is 5.56 Å². The van der Waals surface area contributed by atoms with E-state index in [1.807, 2.05) is 20.8 Å². The lowest BCUT2D eigenvalue weighted by Gasteiger charge is -2.20. The molecule has 0 radical (unpaired) electrons. The van der Waals surface area contributed by atoms with Crippen LogP contribution in [-0.2, 0) is 0 Å². The van der Waals surface area contributed by atoms with E-state index >= 15 is 0 Å². The summed E-state index contributed by atoms with van der Waals surface area (Å²) in [4.78, 5) is 12.1. The standard InChI is InChI=1S/C16H20FNO2/c1-4-15(11(2)3)18-16(20)13-10-12(6-5-9-19)7-8-14(13)17/h7-8,10-11,15,19H,4,9H2,1-3H3,(H,18,20). The normalized spacial score (nSPS) is 11.7. The van der Waals surface area contributed by atoms with E-state index in [0.717, 1.165) is 6.42 Å². The van der Waals surface area contributed by atoms with E-state index in [9.17, 15) is 9.18 Å². The summed E-state index contributed by atoms with van der Waals surface area (Å²) in [7, 11) is 0. The first-order valence-electron chi connectivity index (χ1n) is 6.69. The van der Waals surface area contributed by atoms with Crippen molar-refractivity contribution < 1.29 is 14.3 Å². The predicted molar refractivity (Wildman–Crippen MR) is 76.7 cm³/mol. The van der Waals surface area contributed by atoms with Crippen LogP contribution in [0, 0.1) is 23.6 Å². The number of carbonyl (C=O) groups is 1. The maximum Gasteiger partial charge on any atom is 0.254 e. The molecular formula is C16H20FNO2. The summed E-state index contributed by atoms with van der Waals surface area (Å²) in [6.07, 6.45) is 0.787. The van der Waals surface area contributed by atoms with Gasteiger partial charge in [-0.2, -0.15) is 0 Å². The van der Waals surface area contributed by atoms with Crippen LogP contribution < -0.4 is 5.32 Å².